The van der Waals surface area contributed by atoms with E-state index in [1.807, 2.05) is 0 Å². The van der Waals surface area contributed by atoms with Gasteiger partial charge in [0.1, 0.15) is 0 Å². The molecule has 2 aliphatic rings. The molecule has 3 heterocycles. The third kappa shape index (κ3) is 3.48. The number of benzene rings is 2. The summed E-state index contributed by atoms with van der Waals surface area (Å²) in [5.41, 5.74) is 4.04. The van der Waals surface area contributed by atoms with Crippen LogP contribution in [0.1, 0.15) is 32.7 Å². The van der Waals surface area contributed by atoms with E-state index in [-0.39, 0.29) is 17.4 Å². The Morgan fingerprint density at radius 1 is 1.18 bits per heavy atom. The molecule has 2 aliphatic heterocycles. The molecule has 0 saturated carbocycles. The van der Waals surface area contributed by atoms with Crippen LogP contribution in [0.2, 0.25) is 5.02 Å². The number of carbonyl (C=O) groups is 2. The van der Waals surface area contributed by atoms with Gasteiger partial charge in [-0.25, -0.2) is 13.2 Å². The number of nitrogens with one attached hydrogen (secondary N) is 2. The maximum Gasteiger partial charge on any atom is 0.339 e. The minimum absolute atomic E-state index is 0.0771. The van der Waals surface area contributed by atoms with Crippen molar-refractivity contribution in [3.8, 4) is 0 Å². The Balaban J connectivity index is 1.61. The van der Waals surface area contributed by atoms with Crippen LogP contribution in [0, 0.1) is 6.92 Å². The highest BCUT2D eigenvalue weighted by molar-refractivity contribution is 7.92. The number of rotatable bonds is 4. The Kier molecular flexibility index (Phi) is 5.26. The number of hydrogen-bond donors (Lipinski definition) is 2. The topological polar surface area (TPSA) is 109 Å². The standard InChI is InChI=1S/C24H20ClN3O5S/c1-13-21(34(31,32)28(2)15-5-3-4-14(25)10-15)7-6-19-22(13)17(23(29)27-19)11-20-16-8-9-33-24(30)18(16)12-26-20/h3-7,10-12,26H,8-9H2,1-2H3,(H,27,29)/b17-11-. The summed E-state index contributed by atoms with van der Waals surface area (Å²) >= 11 is 6.05. The van der Waals surface area contributed by atoms with Crippen LogP contribution in [0.4, 0.5) is 11.4 Å². The zero-order chi connectivity index (χ0) is 24.2. The van der Waals surface area contributed by atoms with Gasteiger partial charge in [0.05, 0.1) is 28.3 Å². The maximum atomic E-state index is 13.5. The number of fused-ring (bicyclic) bond motifs is 2. The van der Waals surface area contributed by atoms with Crippen LogP contribution in [0.25, 0.3) is 11.6 Å². The zero-order valence-corrected chi connectivity index (χ0v) is 19.9. The van der Waals surface area contributed by atoms with Gasteiger partial charge in [-0.15, -0.1) is 0 Å². The van der Waals surface area contributed by atoms with Crippen LogP contribution < -0.4 is 9.62 Å². The largest absolute Gasteiger partial charge is 0.462 e. The third-order valence-corrected chi connectivity index (χ3v) is 8.27. The summed E-state index contributed by atoms with van der Waals surface area (Å²) in [6, 6.07) is 9.64. The molecular formula is C24H20ClN3O5S. The first kappa shape index (κ1) is 22.2. The summed E-state index contributed by atoms with van der Waals surface area (Å²) in [5.74, 6) is -0.760. The highest BCUT2D eigenvalue weighted by Gasteiger charge is 2.32. The Morgan fingerprint density at radius 3 is 2.74 bits per heavy atom. The maximum absolute atomic E-state index is 13.5. The number of anilines is 2. The number of sulfonamides is 1. The minimum atomic E-state index is -3.95. The summed E-state index contributed by atoms with van der Waals surface area (Å²) in [6.07, 6.45) is 3.74. The lowest BCUT2D eigenvalue weighted by molar-refractivity contribution is -0.110. The average Bonchev–Trinajstić information content (AvgIpc) is 3.35. The summed E-state index contributed by atoms with van der Waals surface area (Å²) in [7, 11) is -2.49. The predicted molar refractivity (Wildman–Crippen MR) is 129 cm³/mol. The smallest absolute Gasteiger partial charge is 0.339 e. The van der Waals surface area contributed by atoms with Crippen molar-refractivity contribution in [2.24, 2.45) is 0 Å². The van der Waals surface area contributed by atoms with Crippen LogP contribution in [0.5, 0.6) is 0 Å². The molecule has 10 heteroatoms. The fourth-order valence-electron chi connectivity index (χ4n) is 4.34. The molecule has 0 radical (unpaired) electrons. The Hall–Kier alpha value is -3.56. The zero-order valence-electron chi connectivity index (χ0n) is 18.3. The summed E-state index contributed by atoms with van der Waals surface area (Å²) in [4.78, 5) is 27.9. The van der Waals surface area contributed by atoms with Crippen molar-refractivity contribution in [1.29, 1.82) is 0 Å². The molecule has 0 saturated heterocycles. The predicted octanol–water partition coefficient (Wildman–Crippen LogP) is 4.01. The monoisotopic (exact) mass is 497 g/mol. The molecule has 5 rings (SSSR count). The number of aromatic amines is 1. The SMILES string of the molecule is Cc1c(S(=O)(=O)N(C)c2cccc(Cl)c2)ccc2c1/C(=C/c1[nH]cc3c1CCOC3=O)C(=O)N2. The molecule has 0 fully saturated rings. The molecule has 0 unspecified atom stereocenters. The lowest BCUT2D eigenvalue weighted by Crippen LogP contribution is -2.27. The molecule has 3 aromatic rings. The molecular weight excluding hydrogens is 478 g/mol. The lowest BCUT2D eigenvalue weighted by Gasteiger charge is -2.21. The molecule has 0 aliphatic carbocycles. The van der Waals surface area contributed by atoms with Gasteiger partial charge in [-0.1, -0.05) is 17.7 Å². The first-order chi connectivity index (χ1) is 16.2. The first-order valence-corrected chi connectivity index (χ1v) is 12.3. The third-order valence-electron chi connectivity index (χ3n) is 6.10. The number of esters is 1. The van der Waals surface area contributed by atoms with Crippen LogP contribution in [0.3, 0.4) is 0 Å². The number of amides is 1. The van der Waals surface area contributed by atoms with Gasteiger partial charge in [0.15, 0.2) is 0 Å². The van der Waals surface area contributed by atoms with Gasteiger partial charge in [0.25, 0.3) is 15.9 Å². The molecule has 0 spiro atoms. The van der Waals surface area contributed by atoms with Gasteiger partial charge in [0.2, 0.25) is 0 Å². The number of cyclic esters (lactones) is 1. The van der Waals surface area contributed by atoms with E-state index in [0.717, 1.165) is 9.87 Å². The molecule has 174 valence electrons. The Morgan fingerprint density at radius 2 is 1.97 bits per heavy atom. The van der Waals surface area contributed by atoms with Crippen molar-refractivity contribution < 1.29 is 22.7 Å². The number of hydrogen-bond acceptors (Lipinski definition) is 5. The fourth-order valence-corrected chi connectivity index (χ4v) is 5.94. The van der Waals surface area contributed by atoms with Crippen LogP contribution in [0.15, 0.2) is 47.5 Å². The second-order valence-electron chi connectivity index (χ2n) is 8.06. The number of H-pyrrole nitrogens is 1. The van der Waals surface area contributed by atoms with E-state index in [4.69, 9.17) is 16.3 Å². The lowest BCUT2D eigenvalue weighted by atomic mass is 9.98. The molecule has 0 atom stereocenters. The van der Waals surface area contributed by atoms with Gasteiger partial charge in [-0.3, -0.25) is 9.10 Å². The van der Waals surface area contributed by atoms with E-state index in [0.29, 0.717) is 50.8 Å². The number of ether oxygens (including phenoxy) is 1. The molecule has 2 aromatic carbocycles. The highest BCUT2D eigenvalue weighted by atomic mass is 35.5. The molecule has 34 heavy (non-hydrogen) atoms. The van der Waals surface area contributed by atoms with Crippen LogP contribution >= 0.6 is 11.6 Å². The fraction of sp³-hybridized carbons (Fsp3) is 0.167. The van der Waals surface area contributed by atoms with Crippen molar-refractivity contribution in [3.05, 3.63) is 75.6 Å². The van der Waals surface area contributed by atoms with Crippen molar-refractivity contribution in [2.45, 2.75) is 18.2 Å². The van der Waals surface area contributed by atoms with Gasteiger partial charge in [-0.05, 0) is 54.5 Å². The normalized spacial score (nSPS) is 16.1. The second kappa shape index (κ2) is 8.03. The highest BCUT2D eigenvalue weighted by Crippen LogP contribution is 2.40. The van der Waals surface area contributed by atoms with E-state index in [1.165, 1.54) is 13.1 Å². The van der Waals surface area contributed by atoms with Gasteiger partial charge in [0, 0.05) is 41.6 Å². The first-order valence-electron chi connectivity index (χ1n) is 10.5. The van der Waals surface area contributed by atoms with Crippen LogP contribution in [-0.4, -0.2) is 38.9 Å². The summed E-state index contributed by atoms with van der Waals surface area (Å²) < 4.78 is 33.2. The van der Waals surface area contributed by atoms with Crippen molar-refractivity contribution in [3.63, 3.8) is 0 Å². The molecule has 0 bridgehead atoms. The number of carbonyl (C=O) groups excluding carboxylic acids is 2. The average molecular weight is 498 g/mol. The molecule has 1 amide bonds. The number of halogens is 1. The second-order valence-corrected chi connectivity index (χ2v) is 10.4. The summed E-state index contributed by atoms with van der Waals surface area (Å²) in [6.45, 7) is 1.94. The quantitative estimate of drug-likeness (QED) is 0.418. The number of aromatic nitrogens is 1. The van der Waals surface area contributed by atoms with Crippen molar-refractivity contribution in [2.75, 3.05) is 23.3 Å². The number of nitrogens with zero attached hydrogens (tertiary/aromatic N) is 1. The van der Waals surface area contributed by atoms with E-state index < -0.39 is 16.0 Å². The van der Waals surface area contributed by atoms with E-state index in [2.05, 4.69) is 10.3 Å². The van der Waals surface area contributed by atoms with Gasteiger partial charge >= 0.3 is 5.97 Å². The van der Waals surface area contributed by atoms with Gasteiger partial charge in [-0.2, -0.15) is 0 Å². The molecule has 2 N–H and O–H groups in total. The minimum Gasteiger partial charge on any atom is -0.462 e. The molecule has 8 nitrogen and oxygen atoms in total. The van der Waals surface area contributed by atoms with Crippen molar-refractivity contribution >= 4 is 56.5 Å². The van der Waals surface area contributed by atoms with Crippen molar-refractivity contribution in [1.82, 2.24) is 4.98 Å². The summed E-state index contributed by atoms with van der Waals surface area (Å²) in [5, 5.41) is 3.22. The Labute approximate surface area is 201 Å². The van der Waals surface area contributed by atoms with Crippen LogP contribution in [-0.2, 0) is 26.0 Å². The van der Waals surface area contributed by atoms with E-state index in [1.54, 1.807) is 49.5 Å². The molecule has 1 aromatic heterocycles. The van der Waals surface area contributed by atoms with Gasteiger partial charge < -0.3 is 15.0 Å². The van der Waals surface area contributed by atoms with E-state index in [9.17, 15) is 18.0 Å². The van der Waals surface area contributed by atoms with E-state index >= 15 is 0 Å². The Bertz CT molecular complexity index is 1510.